The lowest BCUT2D eigenvalue weighted by Gasteiger charge is -2.35. The third kappa shape index (κ3) is 5.39. The molecule has 0 bridgehead atoms. The molecule has 5 nitrogen and oxygen atoms in total. The van der Waals surface area contributed by atoms with Crippen LogP contribution in [0.5, 0.6) is 0 Å². The minimum atomic E-state index is -0.00794. The Morgan fingerprint density at radius 1 is 1.00 bits per heavy atom. The maximum Gasteiger partial charge on any atom is 0.255 e. The number of amides is 2. The molecular weight excluding hydrogens is 338 g/mol. The maximum absolute atomic E-state index is 12.6. The Morgan fingerprint density at radius 3 is 2.37 bits per heavy atom. The molecule has 1 aromatic heterocycles. The molecule has 0 radical (unpaired) electrons. The average Bonchev–Trinajstić information content (AvgIpc) is 2.73. The SMILES string of the molecule is C[C@@H](CCc1ccccc1)CC(=O)N1CCN(C(=O)c2cccnc2)CC1. The van der Waals surface area contributed by atoms with Crippen LogP contribution in [0.4, 0.5) is 0 Å². The van der Waals surface area contributed by atoms with E-state index in [1.165, 1.54) is 5.56 Å². The van der Waals surface area contributed by atoms with E-state index in [9.17, 15) is 9.59 Å². The van der Waals surface area contributed by atoms with Gasteiger partial charge in [0.15, 0.2) is 0 Å². The zero-order valence-corrected chi connectivity index (χ0v) is 15.9. The van der Waals surface area contributed by atoms with Gasteiger partial charge in [-0.2, -0.15) is 0 Å². The highest BCUT2D eigenvalue weighted by Gasteiger charge is 2.25. The highest BCUT2D eigenvalue weighted by Crippen LogP contribution is 2.16. The molecule has 0 spiro atoms. The van der Waals surface area contributed by atoms with E-state index in [1.54, 1.807) is 29.4 Å². The van der Waals surface area contributed by atoms with E-state index >= 15 is 0 Å². The number of aromatic nitrogens is 1. The molecule has 2 aromatic rings. The first kappa shape index (κ1) is 19.1. The highest BCUT2D eigenvalue weighted by atomic mass is 16.2. The maximum atomic E-state index is 12.6. The Hall–Kier alpha value is -2.69. The van der Waals surface area contributed by atoms with E-state index < -0.39 is 0 Å². The Bertz CT molecular complexity index is 741. The number of nitrogens with zero attached hydrogens (tertiary/aromatic N) is 3. The van der Waals surface area contributed by atoms with E-state index in [0.717, 1.165) is 12.8 Å². The first-order valence-corrected chi connectivity index (χ1v) is 9.64. The second-order valence-corrected chi connectivity index (χ2v) is 7.25. The van der Waals surface area contributed by atoms with Crippen molar-refractivity contribution in [2.24, 2.45) is 5.92 Å². The lowest BCUT2D eigenvalue weighted by Crippen LogP contribution is -2.50. The van der Waals surface area contributed by atoms with Crippen LogP contribution in [0.15, 0.2) is 54.9 Å². The van der Waals surface area contributed by atoms with Gasteiger partial charge in [0.25, 0.3) is 5.91 Å². The Balaban J connectivity index is 1.42. The Kier molecular flexibility index (Phi) is 6.58. The van der Waals surface area contributed by atoms with E-state index in [0.29, 0.717) is 44.1 Å². The lowest BCUT2D eigenvalue weighted by molar-refractivity contribution is -0.133. The minimum Gasteiger partial charge on any atom is -0.339 e. The van der Waals surface area contributed by atoms with Gasteiger partial charge < -0.3 is 9.80 Å². The van der Waals surface area contributed by atoms with Crippen LogP contribution < -0.4 is 0 Å². The number of hydrogen-bond donors (Lipinski definition) is 0. The van der Waals surface area contributed by atoms with Gasteiger partial charge in [0.1, 0.15) is 0 Å². The van der Waals surface area contributed by atoms with Crippen molar-refractivity contribution in [3.05, 3.63) is 66.0 Å². The second-order valence-electron chi connectivity index (χ2n) is 7.25. The fourth-order valence-corrected chi connectivity index (χ4v) is 3.42. The van der Waals surface area contributed by atoms with Crippen molar-refractivity contribution in [2.75, 3.05) is 26.2 Å². The van der Waals surface area contributed by atoms with Crippen molar-refractivity contribution >= 4 is 11.8 Å². The molecule has 0 N–H and O–H groups in total. The fourth-order valence-electron chi connectivity index (χ4n) is 3.42. The van der Waals surface area contributed by atoms with Crippen LogP contribution in [0.25, 0.3) is 0 Å². The molecule has 0 saturated carbocycles. The number of pyridine rings is 1. The van der Waals surface area contributed by atoms with Crippen molar-refractivity contribution in [2.45, 2.75) is 26.2 Å². The molecule has 0 aliphatic carbocycles. The zero-order chi connectivity index (χ0) is 19.1. The Labute approximate surface area is 161 Å². The normalized spacial score (nSPS) is 15.4. The first-order chi connectivity index (χ1) is 13.1. The molecule has 142 valence electrons. The van der Waals surface area contributed by atoms with Crippen molar-refractivity contribution in [3.63, 3.8) is 0 Å². The molecule has 1 aliphatic rings. The van der Waals surface area contributed by atoms with Gasteiger partial charge >= 0.3 is 0 Å². The predicted molar refractivity (Wildman–Crippen MR) is 105 cm³/mol. The molecule has 0 unspecified atom stereocenters. The highest BCUT2D eigenvalue weighted by molar-refractivity contribution is 5.94. The van der Waals surface area contributed by atoms with Gasteiger partial charge in [0.2, 0.25) is 5.91 Å². The number of benzene rings is 1. The van der Waals surface area contributed by atoms with Crippen molar-refractivity contribution in [1.29, 1.82) is 0 Å². The topological polar surface area (TPSA) is 53.5 Å². The molecule has 1 aliphatic heterocycles. The van der Waals surface area contributed by atoms with Gasteiger partial charge in [-0.25, -0.2) is 0 Å². The van der Waals surface area contributed by atoms with Crippen LogP contribution in [0, 0.1) is 5.92 Å². The summed E-state index contributed by atoms with van der Waals surface area (Å²) in [5.41, 5.74) is 1.92. The summed E-state index contributed by atoms with van der Waals surface area (Å²) in [6.45, 7) is 4.52. The lowest BCUT2D eigenvalue weighted by atomic mass is 9.97. The van der Waals surface area contributed by atoms with Crippen LogP contribution in [0.2, 0.25) is 0 Å². The number of hydrogen-bond acceptors (Lipinski definition) is 3. The monoisotopic (exact) mass is 365 g/mol. The number of piperazine rings is 1. The summed E-state index contributed by atoms with van der Waals surface area (Å²) >= 11 is 0. The van der Waals surface area contributed by atoms with E-state index in [1.807, 2.05) is 11.0 Å². The van der Waals surface area contributed by atoms with Gasteiger partial charge in [-0.3, -0.25) is 14.6 Å². The largest absolute Gasteiger partial charge is 0.339 e. The van der Waals surface area contributed by atoms with Crippen LogP contribution in [0.1, 0.15) is 35.7 Å². The van der Waals surface area contributed by atoms with Gasteiger partial charge in [0.05, 0.1) is 5.56 Å². The summed E-state index contributed by atoms with van der Waals surface area (Å²) in [6, 6.07) is 13.9. The van der Waals surface area contributed by atoms with E-state index in [2.05, 4.69) is 36.2 Å². The van der Waals surface area contributed by atoms with E-state index in [4.69, 9.17) is 0 Å². The average molecular weight is 365 g/mol. The second kappa shape index (κ2) is 9.31. The smallest absolute Gasteiger partial charge is 0.255 e. The Morgan fingerprint density at radius 2 is 1.70 bits per heavy atom. The standard InChI is InChI=1S/C22H27N3O2/c1-18(9-10-19-6-3-2-4-7-19)16-21(26)24-12-14-25(15-13-24)22(27)20-8-5-11-23-17-20/h2-8,11,17-18H,9-10,12-16H2,1H3/t18-/m0/s1. The number of carbonyl (C=O) groups is 2. The fraction of sp³-hybridized carbons (Fsp3) is 0.409. The van der Waals surface area contributed by atoms with Gasteiger partial charge in [-0.05, 0) is 36.5 Å². The quantitative estimate of drug-likeness (QED) is 0.791. The van der Waals surface area contributed by atoms with Crippen LogP contribution in [-0.2, 0) is 11.2 Å². The molecule has 1 aromatic carbocycles. The summed E-state index contributed by atoms with van der Waals surface area (Å²) < 4.78 is 0. The molecule has 2 heterocycles. The predicted octanol–water partition coefficient (Wildman–Crippen LogP) is 3.03. The summed E-state index contributed by atoms with van der Waals surface area (Å²) in [5.74, 6) is 0.545. The molecule has 5 heteroatoms. The molecule has 1 fully saturated rings. The van der Waals surface area contributed by atoms with Crippen molar-refractivity contribution in [1.82, 2.24) is 14.8 Å². The first-order valence-electron chi connectivity index (χ1n) is 9.64. The summed E-state index contributed by atoms with van der Waals surface area (Å²) in [5, 5.41) is 0. The summed E-state index contributed by atoms with van der Waals surface area (Å²) in [6.07, 6.45) is 5.84. The third-order valence-corrected chi connectivity index (χ3v) is 5.12. The summed E-state index contributed by atoms with van der Waals surface area (Å²) in [7, 11) is 0. The summed E-state index contributed by atoms with van der Waals surface area (Å²) in [4.78, 5) is 32.7. The van der Waals surface area contributed by atoms with Crippen molar-refractivity contribution in [3.8, 4) is 0 Å². The molecular formula is C22H27N3O2. The molecule has 2 amide bonds. The van der Waals surface area contributed by atoms with Crippen LogP contribution in [-0.4, -0.2) is 52.8 Å². The zero-order valence-electron chi connectivity index (χ0n) is 15.9. The molecule has 3 rings (SSSR count). The van der Waals surface area contributed by atoms with Crippen LogP contribution >= 0.6 is 0 Å². The number of aryl methyl sites for hydroxylation is 1. The van der Waals surface area contributed by atoms with Gasteiger partial charge in [-0.15, -0.1) is 0 Å². The van der Waals surface area contributed by atoms with Gasteiger partial charge in [0, 0.05) is 45.0 Å². The molecule has 27 heavy (non-hydrogen) atoms. The van der Waals surface area contributed by atoms with Gasteiger partial charge in [-0.1, -0.05) is 37.3 Å². The number of rotatable bonds is 6. The van der Waals surface area contributed by atoms with E-state index in [-0.39, 0.29) is 11.8 Å². The molecule has 1 saturated heterocycles. The number of carbonyl (C=O) groups excluding carboxylic acids is 2. The van der Waals surface area contributed by atoms with Crippen molar-refractivity contribution < 1.29 is 9.59 Å². The van der Waals surface area contributed by atoms with Crippen LogP contribution in [0.3, 0.4) is 0 Å². The minimum absolute atomic E-state index is 0.00794. The third-order valence-electron chi connectivity index (χ3n) is 5.12. The molecule has 1 atom stereocenters.